The first kappa shape index (κ1) is 26.1. The van der Waals surface area contributed by atoms with Gasteiger partial charge in [0.05, 0.1) is 16.6 Å². The van der Waals surface area contributed by atoms with Gasteiger partial charge in [-0.2, -0.15) is 0 Å². The van der Waals surface area contributed by atoms with Crippen LogP contribution in [0.25, 0.3) is 11.0 Å². The van der Waals surface area contributed by atoms with Gasteiger partial charge in [0.15, 0.2) is 5.52 Å². The van der Waals surface area contributed by atoms with E-state index in [9.17, 15) is 14.7 Å². The molecule has 3 saturated carbocycles. The summed E-state index contributed by atoms with van der Waals surface area (Å²) in [6.07, 6.45) is 5.88. The van der Waals surface area contributed by atoms with E-state index in [4.69, 9.17) is 9.72 Å². The largest absolute Gasteiger partial charge is 0.481 e. The Hall–Kier alpha value is -3.13. The number of benzene rings is 1. The van der Waals surface area contributed by atoms with Gasteiger partial charge in [0.25, 0.3) is 5.88 Å². The van der Waals surface area contributed by atoms with E-state index < -0.39 is 11.4 Å². The van der Waals surface area contributed by atoms with Crippen LogP contribution in [0.3, 0.4) is 0 Å². The van der Waals surface area contributed by atoms with E-state index in [1.54, 1.807) is 16.5 Å². The first-order valence-corrected chi connectivity index (χ1v) is 14.6. The predicted molar refractivity (Wildman–Crippen MR) is 156 cm³/mol. The Kier molecular flexibility index (Phi) is 6.57. The van der Waals surface area contributed by atoms with Crippen molar-refractivity contribution in [2.75, 3.05) is 4.90 Å². The summed E-state index contributed by atoms with van der Waals surface area (Å²) in [6, 6.07) is 7.94. The average Bonchev–Trinajstić information content (AvgIpc) is 3.80. The topological polar surface area (TPSA) is 97.6 Å². The Balaban J connectivity index is 1.36. The smallest absolute Gasteiger partial charge is 0.309 e. The van der Waals surface area contributed by atoms with E-state index >= 15 is 0 Å². The van der Waals surface area contributed by atoms with Crippen LogP contribution in [-0.4, -0.2) is 37.9 Å². The predicted octanol–water partition coefficient (Wildman–Crippen LogP) is 5.86. The van der Waals surface area contributed by atoms with Crippen molar-refractivity contribution < 1.29 is 19.4 Å². The van der Waals surface area contributed by atoms with Gasteiger partial charge in [0, 0.05) is 23.5 Å². The summed E-state index contributed by atoms with van der Waals surface area (Å²) in [6.45, 7) is 3.69. The number of hydrogen-bond acceptors (Lipinski definition) is 5. The minimum Gasteiger partial charge on any atom is -0.481 e. The number of ether oxygens (including phenoxy) is 1. The van der Waals surface area contributed by atoms with Crippen LogP contribution in [0.4, 0.5) is 11.5 Å². The summed E-state index contributed by atoms with van der Waals surface area (Å²) in [5, 5.41) is 14.5. The van der Waals surface area contributed by atoms with Crippen molar-refractivity contribution in [1.29, 1.82) is 0 Å². The lowest BCUT2D eigenvalue weighted by atomic mass is 9.64. The summed E-state index contributed by atoms with van der Waals surface area (Å²) in [5.41, 5.74) is 3.65. The van der Waals surface area contributed by atoms with Gasteiger partial charge < -0.3 is 9.84 Å². The summed E-state index contributed by atoms with van der Waals surface area (Å²) in [7, 11) is 1.82. The maximum absolute atomic E-state index is 13.4. The molecule has 1 amide bonds. The first-order valence-electron chi connectivity index (χ1n) is 13.5. The molecule has 202 valence electrons. The summed E-state index contributed by atoms with van der Waals surface area (Å²) in [5.74, 6) is 6.15. The van der Waals surface area contributed by atoms with Crippen molar-refractivity contribution >= 4 is 57.0 Å². The van der Waals surface area contributed by atoms with Crippen LogP contribution in [0.15, 0.2) is 24.3 Å². The Morgan fingerprint density at radius 2 is 1.97 bits per heavy atom. The van der Waals surface area contributed by atoms with Crippen molar-refractivity contribution in [1.82, 2.24) is 14.8 Å². The highest BCUT2D eigenvalue weighted by molar-refractivity contribution is 14.1. The van der Waals surface area contributed by atoms with E-state index in [1.807, 2.05) is 26.1 Å². The number of pyridine rings is 1. The highest BCUT2D eigenvalue weighted by Gasteiger charge is 2.54. The SMILES string of the molecule is CC#CC(=O)N(c1ccc2c(n1)c(OC1CC(CC3CC3)(C(=O)O)C1)nn2C)c1cc(C)c(I)cc1C1CC1. The van der Waals surface area contributed by atoms with Gasteiger partial charge in [0.1, 0.15) is 11.9 Å². The lowest BCUT2D eigenvalue weighted by molar-refractivity contribution is -0.163. The molecule has 3 aliphatic rings. The molecule has 0 radical (unpaired) electrons. The number of halogens is 1. The number of fused-ring (bicyclic) bond motifs is 1. The number of carbonyl (C=O) groups excluding carboxylic acids is 1. The van der Waals surface area contributed by atoms with Crippen molar-refractivity contribution in [2.24, 2.45) is 18.4 Å². The summed E-state index contributed by atoms with van der Waals surface area (Å²) < 4.78 is 9.13. The minimum atomic E-state index is -0.731. The van der Waals surface area contributed by atoms with Crippen molar-refractivity contribution in [2.45, 2.75) is 70.8 Å². The van der Waals surface area contributed by atoms with Gasteiger partial charge in [-0.1, -0.05) is 18.8 Å². The highest BCUT2D eigenvalue weighted by atomic mass is 127. The van der Waals surface area contributed by atoms with E-state index in [1.165, 1.54) is 3.57 Å². The molecule has 8 nitrogen and oxygen atoms in total. The van der Waals surface area contributed by atoms with Crippen molar-refractivity contribution in [3.8, 4) is 17.7 Å². The number of carboxylic acids is 1. The highest BCUT2D eigenvalue weighted by Crippen LogP contribution is 2.52. The van der Waals surface area contributed by atoms with Gasteiger partial charge in [0.2, 0.25) is 0 Å². The number of carbonyl (C=O) groups is 2. The number of anilines is 2. The second-order valence-electron chi connectivity index (χ2n) is 11.3. The molecule has 2 heterocycles. The quantitative estimate of drug-likeness (QED) is 0.245. The third-order valence-corrected chi connectivity index (χ3v) is 9.39. The Bertz CT molecular complexity index is 1550. The Morgan fingerprint density at radius 1 is 1.23 bits per heavy atom. The fourth-order valence-electron chi connectivity index (χ4n) is 5.75. The molecule has 1 aromatic carbocycles. The van der Waals surface area contributed by atoms with E-state index in [2.05, 4.69) is 51.7 Å². The van der Waals surface area contributed by atoms with Crippen molar-refractivity contribution in [3.05, 3.63) is 39.0 Å². The third-order valence-electron chi connectivity index (χ3n) is 8.23. The van der Waals surface area contributed by atoms with Crippen LogP contribution in [-0.2, 0) is 16.6 Å². The van der Waals surface area contributed by atoms with Gasteiger partial charge in [-0.05, 0) is 109 Å². The molecular weight excluding hydrogens is 607 g/mol. The number of rotatable bonds is 8. The standard InChI is InChI=1S/C30H31IN4O4/c1-4-5-26(36)35(24-12-17(2)22(31)13-21(24)19-8-9-19)25-11-10-23-27(32-25)28(33-34(23)3)39-20-15-30(16-20,29(37)38)14-18-6-7-18/h10-13,18-20H,6-9,14-16H2,1-3H3,(H,37,38). The summed E-state index contributed by atoms with van der Waals surface area (Å²) >= 11 is 2.34. The van der Waals surface area contributed by atoms with Gasteiger partial charge >= 0.3 is 11.9 Å². The molecule has 1 N–H and O–H groups in total. The van der Waals surface area contributed by atoms with Crippen LogP contribution < -0.4 is 9.64 Å². The van der Waals surface area contributed by atoms with Crippen molar-refractivity contribution in [3.63, 3.8) is 0 Å². The Labute approximate surface area is 241 Å². The zero-order valence-electron chi connectivity index (χ0n) is 22.3. The van der Waals surface area contributed by atoms with Crippen LogP contribution in [0.2, 0.25) is 0 Å². The zero-order valence-corrected chi connectivity index (χ0v) is 24.5. The van der Waals surface area contributed by atoms with E-state index in [0.717, 1.165) is 54.4 Å². The second-order valence-corrected chi connectivity index (χ2v) is 12.5. The molecular formula is C30H31IN4O4. The number of aromatic nitrogens is 3. The molecule has 0 unspecified atom stereocenters. The first-order chi connectivity index (χ1) is 18.7. The van der Waals surface area contributed by atoms with Crippen LogP contribution in [0.5, 0.6) is 5.88 Å². The molecule has 9 heteroatoms. The maximum Gasteiger partial charge on any atom is 0.309 e. The molecule has 0 atom stereocenters. The maximum atomic E-state index is 13.4. The summed E-state index contributed by atoms with van der Waals surface area (Å²) in [4.78, 5) is 32.0. The fourth-order valence-corrected chi connectivity index (χ4v) is 6.25. The zero-order chi connectivity index (χ0) is 27.5. The van der Waals surface area contributed by atoms with Gasteiger partial charge in [-0.15, -0.1) is 5.10 Å². The minimum absolute atomic E-state index is 0.229. The third kappa shape index (κ3) is 4.88. The number of nitrogens with zero attached hydrogens (tertiary/aromatic N) is 4. The molecule has 0 aliphatic heterocycles. The normalized spacial score (nSPS) is 22.1. The number of amides is 1. The molecule has 3 fully saturated rings. The monoisotopic (exact) mass is 638 g/mol. The van der Waals surface area contributed by atoms with Gasteiger partial charge in [-0.25, -0.2) is 4.98 Å². The molecule has 39 heavy (non-hydrogen) atoms. The molecule has 0 bridgehead atoms. The molecule has 0 spiro atoms. The fraction of sp³-hybridized carbons (Fsp3) is 0.467. The second kappa shape index (κ2) is 9.81. The molecule has 2 aromatic heterocycles. The molecule has 3 aliphatic carbocycles. The molecule has 6 rings (SSSR count). The van der Waals surface area contributed by atoms with E-state index in [0.29, 0.717) is 41.9 Å². The number of carboxylic acid groups (broad SMARTS) is 1. The Morgan fingerprint density at radius 3 is 2.62 bits per heavy atom. The lowest BCUT2D eigenvalue weighted by Crippen LogP contribution is -2.49. The number of hydrogen-bond donors (Lipinski definition) is 1. The van der Waals surface area contributed by atoms with E-state index in [-0.39, 0.29) is 12.0 Å². The number of aryl methyl sites for hydroxylation is 2. The number of aliphatic carboxylic acids is 1. The van der Waals surface area contributed by atoms with Crippen LogP contribution in [0, 0.1) is 33.7 Å². The average molecular weight is 639 g/mol. The van der Waals surface area contributed by atoms with Crippen LogP contribution >= 0.6 is 22.6 Å². The van der Waals surface area contributed by atoms with Gasteiger partial charge in [-0.3, -0.25) is 19.2 Å². The molecule has 3 aromatic rings. The lowest BCUT2D eigenvalue weighted by Gasteiger charge is -2.43. The van der Waals surface area contributed by atoms with Crippen LogP contribution in [0.1, 0.15) is 68.9 Å². The molecule has 0 saturated heterocycles.